The molecule has 1 atom stereocenters. The number of carbonyl (C=O) groups is 1. The molecule has 2 amide bonds. The molecule has 0 bridgehead atoms. The first kappa shape index (κ1) is 17.0. The van der Waals surface area contributed by atoms with E-state index in [1.165, 1.54) is 0 Å². The summed E-state index contributed by atoms with van der Waals surface area (Å²) in [4.78, 5) is 24.6. The largest absolute Gasteiger partial charge is 0.485 e. The summed E-state index contributed by atoms with van der Waals surface area (Å²) in [5.41, 5.74) is 1.06. The van der Waals surface area contributed by atoms with Gasteiger partial charge in [-0.05, 0) is 36.8 Å². The van der Waals surface area contributed by atoms with E-state index in [0.717, 1.165) is 23.6 Å². The Morgan fingerprint density at radius 2 is 2.16 bits per heavy atom. The quantitative estimate of drug-likeness (QED) is 0.925. The smallest absolute Gasteiger partial charge is 0.323 e. The van der Waals surface area contributed by atoms with E-state index in [1.807, 2.05) is 50.2 Å². The van der Waals surface area contributed by atoms with Crippen LogP contribution in [0.25, 0.3) is 0 Å². The first-order chi connectivity index (χ1) is 12.0. The third-order valence-electron chi connectivity index (χ3n) is 4.05. The van der Waals surface area contributed by atoms with Crippen LogP contribution in [0.4, 0.5) is 16.4 Å². The fraction of sp³-hybridized carbons (Fsp3) is 0.389. The van der Waals surface area contributed by atoms with Crippen LogP contribution in [0.5, 0.6) is 5.75 Å². The number of amides is 2. The lowest BCUT2D eigenvalue weighted by Crippen LogP contribution is -2.34. The van der Waals surface area contributed by atoms with E-state index in [2.05, 4.69) is 15.3 Å². The van der Waals surface area contributed by atoms with E-state index in [4.69, 9.17) is 4.74 Å². The predicted octanol–water partition coefficient (Wildman–Crippen LogP) is 2.54. The molecule has 1 saturated heterocycles. The van der Waals surface area contributed by atoms with Crippen molar-refractivity contribution >= 4 is 17.7 Å². The first-order valence-electron chi connectivity index (χ1n) is 8.30. The molecule has 7 nitrogen and oxygen atoms in total. The molecule has 0 aliphatic carbocycles. The van der Waals surface area contributed by atoms with Gasteiger partial charge >= 0.3 is 6.03 Å². The molecule has 1 aliphatic heterocycles. The van der Waals surface area contributed by atoms with Crippen molar-refractivity contribution in [3.8, 4) is 5.75 Å². The average Bonchev–Trinajstić information content (AvgIpc) is 3.04. The summed E-state index contributed by atoms with van der Waals surface area (Å²) in [6.07, 6.45) is 4.17. The van der Waals surface area contributed by atoms with Crippen LogP contribution in [0.3, 0.4) is 0 Å². The minimum Gasteiger partial charge on any atom is -0.485 e. The van der Waals surface area contributed by atoms with Crippen molar-refractivity contribution in [2.24, 2.45) is 0 Å². The number of nitrogens with one attached hydrogen (secondary N) is 1. The Labute approximate surface area is 147 Å². The molecule has 1 fully saturated rings. The van der Waals surface area contributed by atoms with E-state index < -0.39 is 0 Å². The number of ether oxygens (including phenoxy) is 1. The van der Waals surface area contributed by atoms with E-state index in [9.17, 15) is 4.79 Å². The molecule has 3 rings (SSSR count). The van der Waals surface area contributed by atoms with Crippen molar-refractivity contribution < 1.29 is 9.53 Å². The molecule has 0 saturated carbocycles. The number of rotatable bonds is 4. The van der Waals surface area contributed by atoms with Gasteiger partial charge in [-0.1, -0.05) is 0 Å². The van der Waals surface area contributed by atoms with Crippen LogP contribution in [-0.4, -0.2) is 54.2 Å². The highest BCUT2D eigenvalue weighted by Crippen LogP contribution is 2.26. The molecule has 3 heterocycles. The van der Waals surface area contributed by atoms with E-state index in [1.54, 1.807) is 17.3 Å². The van der Waals surface area contributed by atoms with Crippen LogP contribution in [0, 0.1) is 6.92 Å². The van der Waals surface area contributed by atoms with Crippen LogP contribution < -0.4 is 15.0 Å². The van der Waals surface area contributed by atoms with Crippen LogP contribution in [0.1, 0.15) is 12.0 Å². The number of hydrogen-bond donors (Lipinski definition) is 1. The van der Waals surface area contributed by atoms with Gasteiger partial charge in [-0.15, -0.1) is 0 Å². The number of carbonyl (C=O) groups excluding carboxylic acids is 1. The maximum Gasteiger partial charge on any atom is 0.323 e. The number of anilines is 2. The molecule has 0 radical (unpaired) electrons. The second kappa shape index (κ2) is 7.38. The van der Waals surface area contributed by atoms with Gasteiger partial charge in [0.15, 0.2) is 11.6 Å². The van der Waals surface area contributed by atoms with Crippen molar-refractivity contribution in [2.45, 2.75) is 19.4 Å². The van der Waals surface area contributed by atoms with Gasteiger partial charge in [0.1, 0.15) is 11.9 Å². The van der Waals surface area contributed by atoms with Gasteiger partial charge in [-0.2, -0.15) is 0 Å². The average molecular weight is 341 g/mol. The second-order valence-corrected chi connectivity index (χ2v) is 6.34. The summed E-state index contributed by atoms with van der Waals surface area (Å²) in [6, 6.07) is 7.35. The molecular formula is C18H23N5O2. The van der Waals surface area contributed by atoms with E-state index in [0.29, 0.717) is 18.9 Å². The standard InChI is InChI=1S/C18H23N5O2/c1-13-6-9-19-16(11-13)21-18(24)23-10-7-14(12-23)25-15-5-4-8-20-17(15)22(2)3/h4-6,8-9,11,14H,7,10,12H2,1-3H3,(H,19,21,24)/t14-/m1/s1. The third-order valence-corrected chi connectivity index (χ3v) is 4.05. The van der Waals surface area contributed by atoms with Crippen molar-refractivity contribution in [3.63, 3.8) is 0 Å². The second-order valence-electron chi connectivity index (χ2n) is 6.34. The Morgan fingerprint density at radius 1 is 1.32 bits per heavy atom. The van der Waals surface area contributed by atoms with Gasteiger partial charge in [-0.25, -0.2) is 14.8 Å². The number of pyridine rings is 2. The topological polar surface area (TPSA) is 70.6 Å². The number of hydrogen-bond acceptors (Lipinski definition) is 5. The Hall–Kier alpha value is -2.83. The zero-order chi connectivity index (χ0) is 17.8. The summed E-state index contributed by atoms with van der Waals surface area (Å²) in [5, 5.41) is 2.84. The molecule has 0 spiro atoms. The molecule has 25 heavy (non-hydrogen) atoms. The minimum absolute atomic E-state index is 0.0425. The molecule has 2 aromatic rings. The Balaban J connectivity index is 1.59. The Morgan fingerprint density at radius 3 is 2.92 bits per heavy atom. The van der Waals surface area contributed by atoms with Gasteiger partial charge in [0, 0.05) is 39.5 Å². The summed E-state index contributed by atoms with van der Waals surface area (Å²) < 4.78 is 6.08. The normalized spacial score (nSPS) is 16.6. The lowest BCUT2D eigenvalue weighted by atomic mass is 10.3. The number of likely N-dealkylation sites (tertiary alicyclic amines) is 1. The van der Waals surface area contributed by atoms with Gasteiger partial charge in [-0.3, -0.25) is 5.32 Å². The molecule has 0 aromatic carbocycles. The highest BCUT2D eigenvalue weighted by atomic mass is 16.5. The summed E-state index contributed by atoms with van der Waals surface area (Å²) >= 11 is 0. The molecule has 132 valence electrons. The number of aryl methyl sites for hydroxylation is 1. The van der Waals surface area contributed by atoms with Crippen LogP contribution in [-0.2, 0) is 0 Å². The molecule has 1 N–H and O–H groups in total. The van der Waals surface area contributed by atoms with Crippen LogP contribution >= 0.6 is 0 Å². The van der Waals surface area contributed by atoms with Gasteiger partial charge in [0.2, 0.25) is 0 Å². The lowest BCUT2D eigenvalue weighted by molar-refractivity contribution is 0.195. The SMILES string of the molecule is Cc1ccnc(NC(=O)N2CC[C@@H](Oc3cccnc3N(C)C)C2)c1. The Kier molecular flexibility index (Phi) is 5.02. The van der Waals surface area contributed by atoms with E-state index in [-0.39, 0.29) is 12.1 Å². The molecule has 2 aromatic heterocycles. The number of urea groups is 1. The summed E-state index contributed by atoms with van der Waals surface area (Å²) in [5.74, 6) is 2.09. The fourth-order valence-electron chi connectivity index (χ4n) is 2.79. The highest BCUT2D eigenvalue weighted by molar-refractivity contribution is 5.88. The highest BCUT2D eigenvalue weighted by Gasteiger charge is 2.28. The van der Waals surface area contributed by atoms with Gasteiger partial charge in [0.05, 0.1) is 6.54 Å². The van der Waals surface area contributed by atoms with Gasteiger partial charge < -0.3 is 14.5 Å². The van der Waals surface area contributed by atoms with Crippen LogP contribution in [0.15, 0.2) is 36.7 Å². The lowest BCUT2D eigenvalue weighted by Gasteiger charge is -2.20. The molecule has 7 heteroatoms. The minimum atomic E-state index is -0.150. The maximum atomic E-state index is 12.4. The van der Waals surface area contributed by atoms with Crippen molar-refractivity contribution in [2.75, 3.05) is 37.4 Å². The molecular weight excluding hydrogens is 318 g/mol. The third kappa shape index (κ3) is 4.17. The van der Waals surface area contributed by atoms with E-state index >= 15 is 0 Å². The molecule has 1 aliphatic rings. The monoisotopic (exact) mass is 341 g/mol. The van der Waals surface area contributed by atoms with Crippen molar-refractivity contribution in [1.29, 1.82) is 0 Å². The van der Waals surface area contributed by atoms with Crippen molar-refractivity contribution in [1.82, 2.24) is 14.9 Å². The Bertz CT molecular complexity index is 750. The summed E-state index contributed by atoms with van der Waals surface area (Å²) in [6.45, 7) is 3.16. The zero-order valence-corrected chi connectivity index (χ0v) is 14.8. The fourth-order valence-corrected chi connectivity index (χ4v) is 2.79. The zero-order valence-electron chi connectivity index (χ0n) is 14.8. The maximum absolute atomic E-state index is 12.4. The van der Waals surface area contributed by atoms with Gasteiger partial charge in [0.25, 0.3) is 0 Å². The van der Waals surface area contributed by atoms with Crippen molar-refractivity contribution in [3.05, 3.63) is 42.2 Å². The first-order valence-corrected chi connectivity index (χ1v) is 8.30. The summed E-state index contributed by atoms with van der Waals surface area (Å²) in [7, 11) is 3.86. The molecule has 0 unspecified atom stereocenters. The number of nitrogens with zero attached hydrogens (tertiary/aromatic N) is 4. The predicted molar refractivity (Wildman–Crippen MR) is 97.2 cm³/mol. The van der Waals surface area contributed by atoms with Crippen LogP contribution in [0.2, 0.25) is 0 Å². The number of aromatic nitrogens is 2.